The van der Waals surface area contributed by atoms with Crippen LogP contribution >= 0.6 is 11.6 Å². The number of nitrogens with zero attached hydrogens (tertiary/aromatic N) is 1. The molecule has 0 bridgehead atoms. The Morgan fingerprint density at radius 3 is 2.46 bits per heavy atom. The first-order chi connectivity index (χ1) is 11.5. The number of amides is 1. The zero-order valence-electron chi connectivity index (χ0n) is 13.7. The van der Waals surface area contributed by atoms with Gasteiger partial charge >= 0.3 is 0 Å². The van der Waals surface area contributed by atoms with Gasteiger partial charge in [0.15, 0.2) is 0 Å². The number of nitrogens with one attached hydrogen (secondary N) is 1. The Morgan fingerprint density at radius 2 is 1.83 bits per heavy atom. The molecule has 1 heterocycles. The highest BCUT2D eigenvalue weighted by Crippen LogP contribution is 2.19. The number of halogens is 2. The first-order valence-corrected chi connectivity index (χ1v) is 8.54. The van der Waals surface area contributed by atoms with Crippen molar-refractivity contribution in [1.82, 2.24) is 4.90 Å². The van der Waals surface area contributed by atoms with E-state index < -0.39 is 5.82 Å². The second-order valence-electron chi connectivity index (χ2n) is 6.33. The molecule has 1 aliphatic heterocycles. The monoisotopic (exact) mass is 347 g/mol. The molecule has 2 aromatic rings. The summed E-state index contributed by atoms with van der Waals surface area (Å²) in [5, 5.41) is 0.175. The van der Waals surface area contributed by atoms with Crippen LogP contribution < -0.4 is 4.90 Å². The van der Waals surface area contributed by atoms with Crippen molar-refractivity contribution in [1.29, 1.82) is 0 Å². The molecular formula is C19H21ClFN2O+. The highest BCUT2D eigenvalue weighted by Gasteiger charge is 2.25. The molecule has 1 fully saturated rings. The summed E-state index contributed by atoms with van der Waals surface area (Å²) < 4.78 is 13.1. The van der Waals surface area contributed by atoms with E-state index in [1.165, 1.54) is 34.2 Å². The zero-order chi connectivity index (χ0) is 17.1. The molecule has 3 nitrogen and oxygen atoms in total. The quantitative estimate of drug-likeness (QED) is 0.905. The molecule has 5 heteroatoms. The van der Waals surface area contributed by atoms with E-state index in [4.69, 9.17) is 11.6 Å². The second-order valence-corrected chi connectivity index (χ2v) is 6.74. The van der Waals surface area contributed by atoms with E-state index in [9.17, 15) is 9.18 Å². The maximum Gasteiger partial charge on any atom is 0.255 e. The van der Waals surface area contributed by atoms with Crippen molar-refractivity contribution in [3.8, 4) is 0 Å². The van der Waals surface area contributed by atoms with Crippen molar-refractivity contribution in [2.75, 3.05) is 26.2 Å². The van der Waals surface area contributed by atoms with Gasteiger partial charge in [0.2, 0.25) is 0 Å². The summed E-state index contributed by atoms with van der Waals surface area (Å²) >= 11 is 6.00. The topological polar surface area (TPSA) is 24.8 Å². The van der Waals surface area contributed by atoms with Crippen molar-refractivity contribution < 1.29 is 14.1 Å². The summed E-state index contributed by atoms with van der Waals surface area (Å²) in [5.74, 6) is -0.543. The fourth-order valence-corrected chi connectivity index (χ4v) is 3.28. The number of hydrogen-bond acceptors (Lipinski definition) is 1. The largest absolute Gasteiger partial charge is 0.328 e. The number of hydrogen-bond donors (Lipinski definition) is 1. The van der Waals surface area contributed by atoms with Crippen LogP contribution in [-0.2, 0) is 6.54 Å². The average molecular weight is 348 g/mol. The Bertz CT molecular complexity index is 725. The van der Waals surface area contributed by atoms with E-state index in [1.54, 1.807) is 4.90 Å². The molecule has 0 atom stereocenters. The molecule has 2 aromatic carbocycles. The Kier molecular flexibility index (Phi) is 5.17. The van der Waals surface area contributed by atoms with Gasteiger partial charge in [0.25, 0.3) is 5.91 Å². The molecule has 0 unspecified atom stereocenters. The number of carbonyl (C=O) groups excluding carboxylic acids is 1. The zero-order valence-corrected chi connectivity index (χ0v) is 14.4. The fraction of sp³-hybridized carbons (Fsp3) is 0.316. The lowest BCUT2D eigenvalue weighted by molar-refractivity contribution is -0.917. The lowest BCUT2D eigenvalue weighted by Crippen LogP contribution is -3.13. The summed E-state index contributed by atoms with van der Waals surface area (Å²) in [4.78, 5) is 15.8. The predicted molar refractivity (Wildman–Crippen MR) is 92.9 cm³/mol. The van der Waals surface area contributed by atoms with Gasteiger partial charge in [0.1, 0.15) is 12.4 Å². The van der Waals surface area contributed by atoms with Gasteiger partial charge in [-0.25, -0.2) is 4.39 Å². The standard InChI is InChI=1S/C19H20ClFN2O/c1-14-2-4-15(5-3-14)13-22-8-10-23(11-9-22)19(24)17-7-6-16(21)12-18(17)20/h2-7,12H,8-11,13H2,1H3/p+1. The molecule has 0 aliphatic carbocycles. The Hall–Kier alpha value is -1.91. The van der Waals surface area contributed by atoms with E-state index in [-0.39, 0.29) is 10.9 Å². The van der Waals surface area contributed by atoms with Gasteiger partial charge in [-0.1, -0.05) is 41.4 Å². The molecule has 126 valence electrons. The molecule has 3 rings (SSSR count). The highest BCUT2D eigenvalue weighted by atomic mass is 35.5. The Labute approximate surface area is 146 Å². The van der Waals surface area contributed by atoms with Crippen molar-refractivity contribution in [3.63, 3.8) is 0 Å². The Balaban J connectivity index is 1.58. The molecule has 1 saturated heterocycles. The molecule has 1 N–H and O–H groups in total. The molecule has 1 aliphatic rings. The van der Waals surface area contributed by atoms with Crippen molar-refractivity contribution in [2.24, 2.45) is 0 Å². The SMILES string of the molecule is Cc1ccc(C[NH+]2CCN(C(=O)c3ccc(F)cc3Cl)CC2)cc1. The number of aryl methyl sites for hydroxylation is 1. The van der Waals surface area contributed by atoms with Crippen LogP contribution in [0.3, 0.4) is 0 Å². The maximum absolute atomic E-state index is 13.1. The molecule has 0 aromatic heterocycles. The van der Waals surface area contributed by atoms with Crippen LogP contribution in [0.15, 0.2) is 42.5 Å². The molecule has 1 amide bonds. The van der Waals surface area contributed by atoms with Gasteiger partial charge in [-0.3, -0.25) is 4.79 Å². The number of carbonyl (C=O) groups is 1. The van der Waals surface area contributed by atoms with E-state index >= 15 is 0 Å². The minimum Gasteiger partial charge on any atom is -0.328 e. The number of piperazine rings is 1. The molecule has 0 spiro atoms. The molecule has 0 radical (unpaired) electrons. The fourth-order valence-electron chi connectivity index (χ4n) is 3.03. The van der Waals surface area contributed by atoms with Crippen LogP contribution in [-0.4, -0.2) is 37.0 Å². The van der Waals surface area contributed by atoms with E-state index in [1.807, 2.05) is 0 Å². The van der Waals surface area contributed by atoms with E-state index in [0.717, 1.165) is 19.6 Å². The van der Waals surface area contributed by atoms with Gasteiger partial charge in [-0.05, 0) is 25.1 Å². The smallest absolute Gasteiger partial charge is 0.255 e. The third-order valence-corrected chi connectivity index (χ3v) is 4.81. The van der Waals surface area contributed by atoms with Crippen LogP contribution in [0.5, 0.6) is 0 Å². The maximum atomic E-state index is 13.1. The average Bonchev–Trinajstić information content (AvgIpc) is 2.57. The lowest BCUT2D eigenvalue weighted by Gasteiger charge is -2.32. The minimum absolute atomic E-state index is 0.116. The van der Waals surface area contributed by atoms with Crippen LogP contribution in [0.1, 0.15) is 21.5 Å². The second kappa shape index (κ2) is 7.32. The lowest BCUT2D eigenvalue weighted by atomic mass is 10.1. The van der Waals surface area contributed by atoms with Gasteiger partial charge in [-0.2, -0.15) is 0 Å². The van der Waals surface area contributed by atoms with Crippen LogP contribution in [0.25, 0.3) is 0 Å². The van der Waals surface area contributed by atoms with E-state index in [2.05, 4.69) is 31.2 Å². The summed E-state index contributed by atoms with van der Waals surface area (Å²) in [5.41, 5.74) is 2.96. The summed E-state index contributed by atoms with van der Waals surface area (Å²) in [6.45, 7) is 6.24. The minimum atomic E-state index is -0.427. The van der Waals surface area contributed by atoms with Gasteiger partial charge < -0.3 is 9.80 Å². The first-order valence-electron chi connectivity index (χ1n) is 8.16. The third-order valence-electron chi connectivity index (χ3n) is 4.49. The van der Waals surface area contributed by atoms with Gasteiger partial charge in [0.05, 0.1) is 36.8 Å². The predicted octanol–water partition coefficient (Wildman–Crippen LogP) is 2.33. The molecular weight excluding hydrogens is 327 g/mol. The van der Waals surface area contributed by atoms with Crippen molar-refractivity contribution in [2.45, 2.75) is 13.5 Å². The third kappa shape index (κ3) is 3.94. The summed E-state index contributed by atoms with van der Waals surface area (Å²) in [6, 6.07) is 12.5. The molecule has 24 heavy (non-hydrogen) atoms. The van der Waals surface area contributed by atoms with Crippen LogP contribution in [0.2, 0.25) is 5.02 Å². The molecule has 0 saturated carbocycles. The van der Waals surface area contributed by atoms with E-state index in [0.29, 0.717) is 18.7 Å². The van der Waals surface area contributed by atoms with Crippen LogP contribution in [0.4, 0.5) is 4.39 Å². The number of quaternary nitrogens is 1. The Morgan fingerprint density at radius 1 is 1.17 bits per heavy atom. The summed E-state index contributed by atoms with van der Waals surface area (Å²) in [7, 11) is 0. The first kappa shape index (κ1) is 16.9. The number of benzene rings is 2. The number of rotatable bonds is 3. The van der Waals surface area contributed by atoms with Crippen LogP contribution in [0, 0.1) is 12.7 Å². The summed E-state index contributed by atoms with van der Waals surface area (Å²) in [6.07, 6.45) is 0. The van der Waals surface area contributed by atoms with Gasteiger partial charge in [-0.15, -0.1) is 0 Å². The highest BCUT2D eigenvalue weighted by molar-refractivity contribution is 6.33. The van der Waals surface area contributed by atoms with Crippen molar-refractivity contribution in [3.05, 3.63) is 70.0 Å². The van der Waals surface area contributed by atoms with Gasteiger partial charge in [0, 0.05) is 5.56 Å². The normalized spacial score (nSPS) is 15.5. The van der Waals surface area contributed by atoms with Crippen molar-refractivity contribution >= 4 is 17.5 Å².